The van der Waals surface area contributed by atoms with Crippen molar-refractivity contribution in [2.45, 2.75) is 33.4 Å². The first-order valence-corrected chi connectivity index (χ1v) is 8.18. The number of aryl methyl sites for hydroxylation is 1. The molecule has 2 rings (SSSR count). The summed E-state index contributed by atoms with van der Waals surface area (Å²) in [6.45, 7) is 6.13. The summed E-state index contributed by atoms with van der Waals surface area (Å²) in [7, 11) is 2.01. The van der Waals surface area contributed by atoms with Crippen LogP contribution in [0.5, 0.6) is 0 Å². The lowest BCUT2D eigenvalue weighted by molar-refractivity contribution is 0.378. The van der Waals surface area contributed by atoms with Gasteiger partial charge in [0.05, 0.1) is 5.69 Å². The van der Waals surface area contributed by atoms with E-state index in [2.05, 4.69) is 34.2 Å². The van der Waals surface area contributed by atoms with Gasteiger partial charge in [0.1, 0.15) is 6.54 Å². The first-order chi connectivity index (χ1) is 11.1. The van der Waals surface area contributed by atoms with Gasteiger partial charge in [-0.2, -0.15) is 0 Å². The minimum absolute atomic E-state index is 0. The number of rotatable bonds is 6. The Bertz CT molecular complexity index is 642. The largest absolute Gasteiger partial charge is 0.359 e. The minimum atomic E-state index is 0. The highest BCUT2D eigenvalue weighted by molar-refractivity contribution is 14.0. The number of hydrogen-bond acceptors (Lipinski definition) is 3. The van der Waals surface area contributed by atoms with E-state index >= 15 is 0 Å². The summed E-state index contributed by atoms with van der Waals surface area (Å²) in [6.07, 6.45) is 0.865. The molecule has 1 aromatic carbocycles. The van der Waals surface area contributed by atoms with Crippen LogP contribution >= 0.6 is 35.6 Å². The molecule has 7 heteroatoms. The van der Waals surface area contributed by atoms with E-state index in [1.807, 2.05) is 37.4 Å². The molecule has 1 heterocycles. The van der Waals surface area contributed by atoms with Crippen molar-refractivity contribution in [1.82, 2.24) is 15.4 Å². The number of guanidine groups is 1. The SMILES string of the molecule is CCNC(=NCc1cc(CC)no1)N(C)Cc1ccc(Cl)cc1.I. The van der Waals surface area contributed by atoms with Gasteiger partial charge in [-0.3, -0.25) is 0 Å². The average molecular weight is 463 g/mol. The molecule has 0 amide bonds. The fourth-order valence-corrected chi connectivity index (χ4v) is 2.28. The molecule has 1 aromatic heterocycles. The highest BCUT2D eigenvalue weighted by Crippen LogP contribution is 2.11. The summed E-state index contributed by atoms with van der Waals surface area (Å²) in [6, 6.07) is 9.79. The van der Waals surface area contributed by atoms with Gasteiger partial charge < -0.3 is 14.7 Å². The summed E-state index contributed by atoms with van der Waals surface area (Å²) >= 11 is 5.93. The van der Waals surface area contributed by atoms with Gasteiger partial charge in [0.15, 0.2) is 11.7 Å². The molecular weight excluding hydrogens is 439 g/mol. The molecule has 0 saturated heterocycles. The van der Waals surface area contributed by atoms with Gasteiger partial charge in [-0.15, -0.1) is 24.0 Å². The van der Waals surface area contributed by atoms with E-state index in [1.54, 1.807) is 0 Å². The molecule has 0 aliphatic carbocycles. The molecule has 1 N–H and O–H groups in total. The van der Waals surface area contributed by atoms with Gasteiger partial charge in [0.25, 0.3) is 0 Å². The van der Waals surface area contributed by atoms with Crippen LogP contribution < -0.4 is 5.32 Å². The number of hydrogen-bond donors (Lipinski definition) is 1. The second kappa shape index (κ2) is 10.6. The van der Waals surface area contributed by atoms with Crippen molar-refractivity contribution in [2.75, 3.05) is 13.6 Å². The Hall–Kier alpha value is -1.28. The Morgan fingerprint density at radius 2 is 2.00 bits per heavy atom. The molecular formula is C17H24ClIN4O. The summed E-state index contributed by atoms with van der Waals surface area (Å²) in [5.41, 5.74) is 2.13. The Labute approximate surface area is 165 Å². The van der Waals surface area contributed by atoms with Gasteiger partial charge in [-0.25, -0.2) is 4.99 Å². The molecule has 0 bridgehead atoms. The lowest BCUT2D eigenvalue weighted by Gasteiger charge is -2.22. The van der Waals surface area contributed by atoms with E-state index < -0.39 is 0 Å². The third-order valence-corrected chi connectivity index (χ3v) is 3.64. The van der Waals surface area contributed by atoms with Crippen LogP contribution in [0.1, 0.15) is 30.9 Å². The maximum Gasteiger partial charge on any atom is 0.194 e. The van der Waals surface area contributed by atoms with E-state index in [4.69, 9.17) is 16.1 Å². The third kappa shape index (κ3) is 6.32. The number of halogens is 2. The van der Waals surface area contributed by atoms with E-state index in [0.29, 0.717) is 6.54 Å². The smallest absolute Gasteiger partial charge is 0.194 e. The Morgan fingerprint density at radius 1 is 1.29 bits per heavy atom. The lowest BCUT2D eigenvalue weighted by atomic mass is 10.2. The zero-order valence-corrected chi connectivity index (χ0v) is 17.3. The topological polar surface area (TPSA) is 53.7 Å². The van der Waals surface area contributed by atoms with E-state index in [1.165, 1.54) is 5.56 Å². The van der Waals surface area contributed by atoms with Gasteiger partial charge in [0.2, 0.25) is 0 Å². The standard InChI is InChI=1S/C17H23ClN4O.HI/c1-4-15-10-16(23-21-15)11-20-17(19-5-2)22(3)12-13-6-8-14(18)9-7-13;/h6-10H,4-5,11-12H2,1-3H3,(H,19,20);1H. The van der Waals surface area contributed by atoms with Crippen molar-refractivity contribution >= 4 is 41.5 Å². The molecule has 5 nitrogen and oxygen atoms in total. The van der Waals surface area contributed by atoms with Crippen molar-refractivity contribution in [3.63, 3.8) is 0 Å². The quantitative estimate of drug-likeness (QED) is 0.399. The van der Waals surface area contributed by atoms with Crippen LogP contribution in [0.25, 0.3) is 0 Å². The number of nitrogens with one attached hydrogen (secondary N) is 1. The Morgan fingerprint density at radius 3 is 2.58 bits per heavy atom. The van der Waals surface area contributed by atoms with Crippen LogP contribution in [0, 0.1) is 0 Å². The first kappa shape index (κ1) is 20.8. The molecule has 0 aliphatic heterocycles. The fraction of sp³-hybridized carbons (Fsp3) is 0.412. The lowest BCUT2D eigenvalue weighted by Crippen LogP contribution is -2.38. The second-order valence-corrected chi connectivity index (χ2v) is 5.73. The molecule has 0 spiro atoms. The molecule has 0 fully saturated rings. The Kier molecular flexibility index (Phi) is 9.13. The first-order valence-electron chi connectivity index (χ1n) is 7.80. The monoisotopic (exact) mass is 462 g/mol. The van der Waals surface area contributed by atoms with Crippen LogP contribution in [0.15, 0.2) is 39.8 Å². The zero-order chi connectivity index (χ0) is 16.7. The molecule has 0 unspecified atom stereocenters. The summed E-state index contributed by atoms with van der Waals surface area (Å²) in [5, 5.41) is 8.03. The minimum Gasteiger partial charge on any atom is -0.359 e. The molecule has 0 radical (unpaired) electrons. The van der Waals surface area contributed by atoms with Gasteiger partial charge >= 0.3 is 0 Å². The summed E-state index contributed by atoms with van der Waals surface area (Å²) in [5.74, 6) is 1.61. The number of aromatic nitrogens is 1. The maximum absolute atomic E-state index is 5.93. The van der Waals surface area contributed by atoms with Gasteiger partial charge in [-0.05, 0) is 31.0 Å². The highest BCUT2D eigenvalue weighted by atomic mass is 127. The van der Waals surface area contributed by atoms with Crippen LogP contribution in [-0.4, -0.2) is 29.6 Å². The van der Waals surface area contributed by atoms with Crippen LogP contribution in [0.2, 0.25) is 5.02 Å². The fourth-order valence-electron chi connectivity index (χ4n) is 2.16. The molecule has 0 atom stereocenters. The Balaban J connectivity index is 0.00000288. The summed E-state index contributed by atoms with van der Waals surface area (Å²) in [4.78, 5) is 6.69. The van der Waals surface area contributed by atoms with E-state index in [9.17, 15) is 0 Å². The van der Waals surface area contributed by atoms with Crippen molar-refractivity contribution < 1.29 is 4.52 Å². The van der Waals surface area contributed by atoms with Crippen LogP contribution in [0.3, 0.4) is 0 Å². The predicted molar refractivity (Wildman–Crippen MR) is 109 cm³/mol. The van der Waals surface area contributed by atoms with Crippen molar-refractivity contribution in [2.24, 2.45) is 4.99 Å². The predicted octanol–water partition coefficient (Wildman–Crippen LogP) is 4.11. The normalized spacial score (nSPS) is 11.1. The van der Waals surface area contributed by atoms with Crippen molar-refractivity contribution in [3.05, 3.63) is 52.4 Å². The van der Waals surface area contributed by atoms with E-state index in [-0.39, 0.29) is 24.0 Å². The number of benzene rings is 1. The van der Waals surface area contributed by atoms with Crippen molar-refractivity contribution in [3.8, 4) is 0 Å². The molecule has 0 saturated carbocycles. The molecule has 0 aliphatic rings. The zero-order valence-electron chi connectivity index (χ0n) is 14.3. The molecule has 24 heavy (non-hydrogen) atoms. The number of nitrogens with zero attached hydrogens (tertiary/aromatic N) is 3. The molecule has 132 valence electrons. The van der Waals surface area contributed by atoms with Crippen molar-refractivity contribution in [1.29, 1.82) is 0 Å². The third-order valence-electron chi connectivity index (χ3n) is 3.38. The maximum atomic E-state index is 5.93. The van der Waals surface area contributed by atoms with Gasteiger partial charge in [-0.1, -0.05) is 35.8 Å². The van der Waals surface area contributed by atoms with E-state index in [0.717, 1.165) is 41.9 Å². The van der Waals surface area contributed by atoms with Crippen LogP contribution in [0.4, 0.5) is 0 Å². The average Bonchev–Trinajstić information content (AvgIpc) is 3.01. The molecule has 2 aromatic rings. The summed E-state index contributed by atoms with van der Waals surface area (Å²) < 4.78 is 5.28. The second-order valence-electron chi connectivity index (χ2n) is 5.29. The highest BCUT2D eigenvalue weighted by Gasteiger charge is 2.08. The van der Waals surface area contributed by atoms with Gasteiger partial charge in [0, 0.05) is 31.2 Å². The van der Waals surface area contributed by atoms with Crippen LogP contribution in [-0.2, 0) is 19.5 Å². The number of aliphatic imine (C=N–C) groups is 1.